The summed E-state index contributed by atoms with van der Waals surface area (Å²) in [6.45, 7) is 3.02. The average molecular weight is 284 g/mol. The SMILES string of the molecule is C=CC[C@@]1(c2c[nH]c(=O)[nH]c2=O)O[C@H](CO)[C@@H](O)[C@H]1O. The Kier molecular flexibility index (Phi) is 3.91. The van der Waals surface area contributed by atoms with Crippen LogP contribution in [0.2, 0.25) is 0 Å². The number of ether oxygens (including phenoxy) is 1. The molecule has 0 amide bonds. The zero-order chi connectivity index (χ0) is 14.9. The number of H-pyrrole nitrogens is 2. The molecule has 0 spiro atoms. The topological polar surface area (TPSA) is 136 Å². The van der Waals surface area contributed by atoms with Gasteiger partial charge in [-0.05, 0) is 0 Å². The van der Waals surface area contributed by atoms with E-state index in [2.05, 4.69) is 11.6 Å². The fourth-order valence-electron chi connectivity index (χ4n) is 2.47. The van der Waals surface area contributed by atoms with Gasteiger partial charge in [-0.2, -0.15) is 0 Å². The van der Waals surface area contributed by atoms with Gasteiger partial charge in [-0.15, -0.1) is 6.58 Å². The number of aliphatic hydroxyl groups excluding tert-OH is 3. The second kappa shape index (κ2) is 5.33. The molecule has 1 aliphatic rings. The van der Waals surface area contributed by atoms with Crippen molar-refractivity contribution in [1.29, 1.82) is 0 Å². The molecular formula is C12H16N2O6. The zero-order valence-electron chi connectivity index (χ0n) is 10.6. The predicted octanol–water partition coefficient (Wildman–Crippen LogP) is -2.05. The maximum absolute atomic E-state index is 11.9. The number of hydrogen-bond donors (Lipinski definition) is 5. The van der Waals surface area contributed by atoms with E-state index in [-0.39, 0.29) is 12.0 Å². The van der Waals surface area contributed by atoms with Crippen LogP contribution in [0.1, 0.15) is 12.0 Å². The summed E-state index contributed by atoms with van der Waals surface area (Å²) in [5.41, 5.74) is -3.04. The average Bonchev–Trinajstić information content (AvgIpc) is 2.65. The molecule has 0 saturated carbocycles. The quantitative estimate of drug-likeness (QED) is 0.404. The summed E-state index contributed by atoms with van der Waals surface area (Å²) in [6, 6.07) is 0. The van der Waals surface area contributed by atoms with Gasteiger partial charge in [-0.3, -0.25) is 9.78 Å². The smallest absolute Gasteiger partial charge is 0.325 e. The number of aromatic nitrogens is 2. The summed E-state index contributed by atoms with van der Waals surface area (Å²) in [5.74, 6) is 0. The maximum Gasteiger partial charge on any atom is 0.325 e. The summed E-state index contributed by atoms with van der Waals surface area (Å²) < 4.78 is 5.51. The van der Waals surface area contributed by atoms with Gasteiger partial charge in [-0.1, -0.05) is 6.08 Å². The number of rotatable bonds is 4. The first kappa shape index (κ1) is 14.7. The van der Waals surface area contributed by atoms with E-state index in [1.807, 2.05) is 4.98 Å². The molecule has 1 aliphatic heterocycles. The molecular weight excluding hydrogens is 268 g/mol. The molecule has 0 aliphatic carbocycles. The predicted molar refractivity (Wildman–Crippen MR) is 68.1 cm³/mol. The van der Waals surface area contributed by atoms with Crippen LogP contribution in [-0.2, 0) is 10.3 Å². The van der Waals surface area contributed by atoms with Crippen molar-refractivity contribution in [3.8, 4) is 0 Å². The monoisotopic (exact) mass is 284 g/mol. The first-order chi connectivity index (χ1) is 9.46. The van der Waals surface area contributed by atoms with Gasteiger partial charge >= 0.3 is 5.69 Å². The van der Waals surface area contributed by atoms with E-state index in [0.29, 0.717) is 0 Å². The molecule has 0 aromatic carbocycles. The van der Waals surface area contributed by atoms with Crippen LogP contribution in [0.3, 0.4) is 0 Å². The van der Waals surface area contributed by atoms with Crippen molar-refractivity contribution in [2.24, 2.45) is 0 Å². The van der Waals surface area contributed by atoms with Crippen LogP contribution in [-0.4, -0.2) is 50.2 Å². The Morgan fingerprint density at radius 3 is 2.65 bits per heavy atom. The highest BCUT2D eigenvalue weighted by Gasteiger charge is 2.55. The van der Waals surface area contributed by atoms with Crippen molar-refractivity contribution in [2.75, 3.05) is 6.61 Å². The molecule has 4 atom stereocenters. The molecule has 5 N–H and O–H groups in total. The largest absolute Gasteiger partial charge is 0.394 e. The van der Waals surface area contributed by atoms with E-state index in [1.165, 1.54) is 6.08 Å². The maximum atomic E-state index is 11.9. The van der Waals surface area contributed by atoms with Crippen LogP contribution in [0.25, 0.3) is 0 Å². The molecule has 2 rings (SSSR count). The normalized spacial score (nSPS) is 33.2. The lowest BCUT2D eigenvalue weighted by molar-refractivity contribution is -0.0971. The van der Waals surface area contributed by atoms with Crippen LogP contribution in [0, 0.1) is 0 Å². The van der Waals surface area contributed by atoms with Gasteiger partial charge < -0.3 is 25.0 Å². The second-order valence-electron chi connectivity index (χ2n) is 4.64. The molecule has 8 nitrogen and oxygen atoms in total. The van der Waals surface area contributed by atoms with Crippen molar-refractivity contribution >= 4 is 0 Å². The van der Waals surface area contributed by atoms with Gasteiger partial charge in [0.05, 0.1) is 12.2 Å². The Bertz CT molecular complexity index is 608. The molecule has 1 aromatic rings. The standard InChI is InChI=1S/C12H16N2O6/c1-2-3-12(6-4-13-11(19)14-10(6)18)9(17)8(16)7(5-15)20-12/h2,4,7-9,15-17H,1,3,5H2,(H2,13,14,18,19)/t7-,8-,9-,12+/m1/s1. The van der Waals surface area contributed by atoms with Crippen LogP contribution >= 0.6 is 0 Å². The Morgan fingerprint density at radius 1 is 1.45 bits per heavy atom. The summed E-state index contributed by atoms with van der Waals surface area (Å²) in [6.07, 6.45) is -1.26. The molecule has 8 heteroatoms. The minimum absolute atomic E-state index is 0.0247. The number of aromatic amines is 2. The summed E-state index contributed by atoms with van der Waals surface area (Å²) in [7, 11) is 0. The third-order valence-corrected chi connectivity index (χ3v) is 3.45. The Morgan fingerprint density at radius 2 is 2.15 bits per heavy atom. The van der Waals surface area contributed by atoms with E-state index in [1.54, 1.807) is 0 Å². The fourth-order valence-corrected chi connectivity index (χ4v) is 2.47. The van der Waals surface area contributed by atoms with Crippen LogP contribution < -0.4 is 11.2 Å². The van der Waals surface area contributed by atoms with E-state index in [4.69, 9.17) is 9.84 Å². The van der Waals surface area contributed by atoms with Crippen LogP contribution in [0.5, 0.6) is 0 Å². The first-order valence-corrected chi connectivity index (χ1v) is 6.04. The molecule has 110 valence electrons. The highest BCUT2D eigenvalue weighted by molar-refractivity contribution is 5.23. The minimum atomic E-state index is -1.56. The molecule has 0 radical (unpaired) electrons. The van der Waals surface area contributed by atoms with Crippen LogP contribution in [0.15, 0.2) is 28.4 Å². The van der Waals surface area contributed by atoms with Crippen molar-refractivity contribution in [3.05, 3.63) is 45.3 Å². The minimum Gasteiger partial charge on any atom is -0.394 e. The van der Waals surface area contributed by atoms with Gasteiger partial charge in [0.15, 0.2) is 0 Å². The molecule has 2 heterocycles. The lowest BCUT2D eigenvalue weighted by Gasteiger charge is -2.30. The van der Waals surface area contributed by atoms with Crippen molar-refractivity contribution in [2.45, 2.75) is 30.3 Å². The van der Waals surface area contributed by atoms with E-state index in [9.17, 15) is 19.8 Å². The molecule has 20 heavy (non-hydrogen) atoms. The lowest BCUT2D eigenvalue weighted by Crippen LogP contribution is -2.45. The van der Waals surface area contributed by atoms with Crippen LogP contribution in [0.4, 0.5) is 0 Å². The Balaban J connectivity index is 2.58. The van der Waals surface area contributed by atoms with Gasteiger partial charge in [0.2, 0.25) is 0 Å². The van der Waals surface area contributed by atoms with Crippen molar-refractivity contribution in [1.82, 2.24) is 9.97 Å². The fraction of sp³-hybridized carbons (Fsp3) is 0.500. The highest BCUT2D eigenvalue weighted by Crippen LogP contribution is 2.41. The Labute approximate surface area is 113 Å². The molecule has 0 bridgehead atoms. The second-order valence-corrected chi connectivity index (χ2v) is 4.64. The van der Waals surface area contributed by atoms with Crippen molar-refractivity contribution < 1.29 is 20.1 Å². The van der Waals surface area contributed by atoms with E-state index in [0.717, 1.165) is 6.20 Å². The molecule has 1 saturated heterocycles. The summed E-state index contributed by atoms with van der Waals surface area (Å²) in [5, 5.41) is 29.2. The van der Waals surface area contributed by atoms with Gasteiger partial charge in [0, 0.05) is 12.6 Å². The van der Waals surface area contributed by atoms with Crippen molar-refractivity contribution in [3.63, 3.8) is 0 Å². The number of hydrogen-bond acceptors (Lipinski definition) is 6. The summed E-state index contributed by atoms with van der Waals surface area (Å²) >= 11 is 0. The van der Waals surface area contributed by atoms with E-state index < -0.39 is 41.8 Å². The molecule has 1 aromatic heterocycles. The zero-order valence-corrected chi connectivity index (χ0v) is 10.6. The highest BCUT2D eigenvalue weighted by atomic mass is 16.6. The van der Waals surface area contributed by atoms with Gasteiger partial charge in [-0.25, -0.2) is 4.79 Å². The third-order valence-electron chi connectivity index (χ3n) is 3.45. The number of nitrogens with one attached hydrogen (secondary N) is 2. The summed E-state index contributed by atoms with van der Waals surface area (Å²) in [4.78, 5) is 27.3. The lowest BCUT2D eigenvalue weighted by atomic mass is 9.85. The Hall–Kier alpha value is -1.74. The van der Waals surface area contributed by atoms with Gasteiger partial charge in [0.1, 0.15) is 23.9 Å². The molecule has 0 unspecified atom stereocenters. The van der Waals surface area contributed by atoms with E-state index >= 15 is 0 Å². The number of aliphatic hydroxyl groups is 3. The van der Waals surface area contributed by atoms with Gasteiger partial charge in [0.25, 0.3) is 5.56 Å². The molecule has 1 fully saturated rings. The first-order valence-electron chi connectivity index (χ1n) is 6.04. The third kappa shape index (κ3) is 2.12.